The Hall–Kier alpha value is -1.08. The predicted octanol–water partition coefficient (Wildman–Crippen LogP) is 4.90. The van der Waals surface area contributed by atoms with E-state index in [1.165, 1.54) is 16.7 Å². The first-order chi connectivity index (χ1) is 7.19. The van der Waals surface area contributed by atoms with Crippen molar-refractivity contribution in [2.45, 2.75) is 13.8 Å². The minimum Gasteiger partial charge on any atom is -0.0990 e. The van der Waals surface area contributed by atoms with Gasteiger partial charge in [-0.15, -0.1) is 0 Å². The van der Waals surface area contributed by atoms with Gasteiger partial charge in [0, 0.05) is 4.47 Å². The lowest BCUT2D eigenvalue weighted by Gasteiger charge is -2.04. The third-order valence-electron chi connectivity index (χ3n) is 2.15. The van der Waals surface area contributed by atoms with Crippen molar-refractivity contribution in [1.82, 2.24) is 0 Å². The van der Waals surface area contributed by atoms with E-state index in [9.17, 15) is 0 Å². The molecule has 0 aliphatic carbocycles. The van der Waals surface area contributed by atoms with Crippen LogP contribution in [-0.2, 0) is 0 Å². The number of aryl methyl sites for hydroxylation is 1. The van der Waals surface area contributed by atoms with Crippen LogP contribution >= 0.6 is 15.9 Å². The minimum atomic E-state index is 1.14. The van der Waals surface area contributed by atoms with E-state index in [2.05, 4.69) is 53.7 Å². The Morgan fingerprint density at radius 2 is 2.13 bits per heavy atom. The van der Waals surface area contributed by atoms with Gasteiger partial charge in [-0.25, -0.2) is 0 Å². The molecule has 1 heteroatoms. The largest absolute Gasteiger partial charge is 0.0990 e. The van der Waals surface area contributed by atoms with Crippen molar-refractivity contribution < 1.29 is 0 Å². The van der Waals surface area contributed by atoms with Gasteiger partial charge in [0.25, 0.3) is 0 Å². The first-order valence-corrected chi connectivity index (χ1v) is 5.70. The van der Waals surface area contributed by atoms with Gasteiger partial charge in [0.15, 0.2) is 0 Å². The SMILES string of the molecule is C=C/C=C(\C=C/C)c1ccc(C)c(Br)c1. The third-order valence-corrected chi connectivity index (χ3v) is 3.00. The summed E-state index contributed by atoms with van der Waals surface area (Å²) in [5.74, 6) is 0. The molecule has 0 aliphatic heterocycles. The number of hydrogen-bond donors (Lipinski definition) is 0. The third kappa shape index (κ3) is 3.21. The molecule has 0 unspecified atom stereocenters. The summed E-state index contributed by atoms with van der Waals surface area (Å²) < 4.78 is 1.14. The Morgan fingerprint density at radius 1 is 1.40 bits per heavy atom. The molecular weight excluding hydrogens is 248 g/mol. The van der Waals surface area contributed by atoms with Crippen LogP contribution in [0.1, 0.15) is 18.1 Å². The molecule has 0 spiro atoms. The Balaban J connectivity index is 3.18. The average Bonchev–Trinajstić information content (AvgIpc) is 2.22. The molecule has 0 amide bonds. The lowest BCUT2D eigenvalue weighted by Crippen LogP contribution is -1.83. The summed E-state index contributed by atoms with van der Waals surface area (Å²) in [4.78, 5) is 0. The number of rotatable bonds is 3. The van der Waals surface area contributed by atoms with Gasteiger partial charge in [-0.1, -0.05) is 58.9 Å². The molecule has 0 radical (unpaired) electrons. The van der Waals surface area contributed by atoms with E-state index in [0.29, 0.717) is 0 Å². The Morgan fingerprint density at radius 3 is 2.67 bits per heavy atom. The van der Waals surface area contributed by atoms with Crippen molar-refractivity contribution in [3.05, 3.63) is 64.7 Å². The van der Waals surface area contributed by atoms with Crippen LogP contribution in [0.3, 0.4) is 0 Å². The van der Waals surface area contributed by atoms with Crippen molar-refractivity contribution in [2.75, 3.05) is 0 Å². The summed E-state index contributed by atoms with van der Waals surface area (Å²) >= 11 is 3.54. The first-order valence-electron chi connectivity index (χ1n) is 4.91. The van der Waals surface area contributed by atoms with Gasteiger partial charge >= 0.3 is 0 Å². The lowest BCUT2D eigenvalue weighted by molar-refractivity contribution is 1.41. The number of benzene rings is 1. The van der Waals surface area contributed by atoms with E-state index in [4.69, 9.17) is 0 Å². The molecule has 1 rings (SSSR count). The highest BCUT2D eigenvalue weighted by molar-refractivity contribution is 9.10. The minimum absolute atomic E-state index is 1.14. The van der Waals surface area contributed by atoms with Gasteiger partial charge in [-0.2, -0.15) is 0 Å². The lowest BCUT2D eigenvalue weighted by atomic mass is 10.0. The summed E-state index contributed by atoms with van der Waals surface area (Å²) in [7, 11) is 0. The maximum atomic E-state index is 3.73. The number of hydrogen-bond acceptors (Lipinski definition) is 0. The molecular formula is C14H15Br. The molecule has 0 fully saturated rings. The zero-order valence-corrected chi connectivity index (χ0v) is 10.7. The molecule has 0 bridgehead atoms. The van der Waals surface area contributed by atoms with Crippen LogP contribution in [0.25, 0.3) is 5.57 Å². The molecule has 0 heterocycles. The van der Waals surface area contributed by atoms with Gasteiger partial charge in [0.05, 0.1) is 0 Å². The number of allylic oxidation sites excluding steroid dienone is 5. The van der Waals surface area contributed by atoms with E-state index in [1.54, 1.807) is 0 Å². The molecule has 0 aromatic heterocycles. The highest BCUT2D eigenvalue weighted by Gasteiger charge is 1.99. The maximum absolute atomic E-state index is 3.73. The van der Waals surface area contributed by atoms with Crippen molar-refractivity contribution in [2.24, 2.45) is 0 Å². The summed E-state index contributed by atoms with van der Waals surface area (Å²) in [5.41, 5.74) is 3.62. The molecule has 0 nitrogen and oxygen atoms in total. The van der Waals surface area contributed by atoms with Gasteiger partial charge in [-0.05, 0) is 36.6 Å². The highest BCUT2D eigenvalue weighted by Crippen LogP contribution is 2.23. The summed E-state index contributed by atoms with van der Waals surface area (Å²) in [6, 6.07) is 6.36. The van der Waals surface area contributed by atoms with Crippen LogP contribution in [-0.4, -0.2) is 0 Å². The maximum Gasteiger partial charge on any atom is 0.0210 e. The second-order valence-electron chi connectivity index (χ2n) is 3.32. The Labute approximate surface area is 100 Å². The second kappa shape index (κ2) is 5.72. The molecule has 1 aromatic carbocycles. The Kier molecular flexibility index (Phi) is 4.57. The van der Waals surface area contributed by atoms with Crippen molar-refractivity contribution >= 4 is 21.5 Å². The van der Waals surface area contributed by atoms with Gasteiger partial charge < -0.3 is 0 Å². The summed E-state index contributed by atoms with van der Waals surface area (Å²) in [5, 5.41) is 0. The number of halogens is 1. The van der Waals surface area contributed by atoms with Crippen LogP contribution < -0.4 is 0 Å². The molecule has 15 heavy (non-hydrogen) atoms. The second-order valence-corrected chi connectivity index (χ2v) is 4.18. The van der Waals surface area contributed by atoms with E-state index in [0.717, 1.165) is 4.47 Å². The normalized spacial score (nSPS) is 12.1. The van der Waals surface area contributed by atoms with Gasteiger partial charge in [-0.3, -0.25) is 0 Å². The Bertz CT molecular complexity index is 411. The van der Waals surface area contributed by atoms with Crippen LogP contribution in [0, 0.1) is 6.92 Å². The van der Waals surface area contributed by atoms with Crippen LogP contribution in [0.4, 0.5) is 0 Å². The zero-order valence-electron chi connectivity index (χ0n) is 9.13. The summed E-state index contributed by atoms with van der Waals surface area (Å²) in [6.07, 6.45) is 7.93. The molecule has 0 aliphatic rings. The fourth-order valence-corrected chi connectivity index (χ4v) is 1.71. The molecule has 78 valence electrons. The monoisotopic (exact) mass is 262 g/mol. The molecule has 0 atom stereocenters. The van der Waals surface area contributed by atoms with Gasteiger partial charge in [0.2, 0.25) is 0 Å². The van der Waals surface area contributed by atoms with Crippen LogP contribution in [0.2, 0.25) is 0 Å². The van der Waals surface area contributed by atoms with Crippen LogP contribution in [0.15, 0.2) is 53.6 Å². The highest BCUT2D eigenvalue weighted by atomic mass is 79.9. The van der Waals surface area contributed by atoms with E-state index in [-0.39, 0.29) is 0 Å². The quantitative estimate of drug-likeness (QED) is 0.680. The van der Waals surface area contributed by atoms with Gasteiger partial charge in [0.1, 0.15) is 0 Å². The van der Waals surface area contributed by atoms with E-state index < -0.39 is 0 Å². The van der Waals surface area contributed by atoms with E-state index in [1.807, 2.05) is 25.2 Å². The predicted molar refractivity (Wildman–Crippen MR) is 71.9 cm³/mol. The summed E-state index contributed by atoms with van der Waals surface area (Å²) in [6.45, 7) is 7.82. The van der Waals surface area contributed by atoms with E-state index >= 15 is 0 Å². The molecule has 0 saturated carbocycles. The molecule has 0 N–H and O–H groups in total. The molecule has 0 saturated heterocycles. The fourth-order valence-electron chi connectivity index (χ4n) is 1.33. The smallest absolute Gasteiger partial charge is 0.0210 e. The topological polar surface area (TPSA) is 0 Å². The average molecular weight is 263 g/mol. The molecule has 1 aromatic rings. The standard InChI is InChI=1S/C14H15Br/c1-4-6-12(7-5-2)13-9-8-11(3)14(15)10-13/h4-10H,1H2,2-3H3/b7-5-,12-6+. The van der Waals surface area contributed by atoms with Crippen molar-refractivity contribution in [3.8, 4) is 0 Å². The van der Waals surface area contributed by atoms with Crippen molar-refractivity contribution in [3.63, 3.8) is 0 Å². The first kappa shape index (κ1) is 12.0. The van der Waals surface area contributed by atoms with Crippen LogP contribution in [0.5, 0.6) is 0 Å². The van der Waals surface area contributed by atoms with Crippen molar-refractivity contribution in [1.29, 1.82) is 0 Å². The fraction of sp³-hybridized carbons (Fsp3) is 0.143. The zero-order chi connectivity index (χ0) is 11.3.